The smallest absolute Gasteiger partial charge is 0.407 e. The second-order valence-electron chi connectivity index (χ2n) is 3.75. The van der Waals surface area contributed by atoms with Crippen molar-refractivity contribution in [3.63, 3.8) is 0 Å². The second-order valence-corrected chi connectivity index (χ2v) is 3.75. The Labute approximate surface area is 71.2 Å². The molecule has 1 saturated carbocycles. The SMILES string of the molecule is CC1(NC(=O)OC2COC2)CC1. The Morgan fingerprint density at radius 2 is 2.25 bits per heavy atom. The summed E-state index contributed by atoms with van der Waals surface area (Å²) in [4.78, 5) is 11.1. The van der Waals surface area contributed by atoms with Gasteiger partial charge in [-0.25, -0.2) is 4.79 Å². The molecule has 12 heavy (non-hydrogen) atoms. The van der Waals surface area contributed by atoms with Crippen LogP contribution in [0.5, 0.6) is 0 Å². The Morgan fingerprint density at radius 3 is 2.67 bits per heavy atom. The molecule has 0 atom stereocenters. The van der Waals surface area contributed by atoms with E-state index in [9.17, 15) is 4.79 Å². The quantitative estimate of drug-likeness (QED) is 0.664. The lowest BCUT2D eigenvalue weighted by Gasteiger charge is -2.26. The summed E-state index contributed by atoms with van der Waals surface area (Å²) in [5.74, 6) is 0. The van der Waals surface area contributed by atoms with E-state index in [0.717, 1.165) is 12.8 Å². The molecule has 1 amide bonds. The van der Waals surface area contributed by atoms with E-state index in [2.05, 4.69) is 5.32 Å². The van der Waals surface area contributed by atoms with Crippen LogP contribution in [-0.2, 0) is 9.47 Å². The number of carbonyl (C=O) groups is 1. The minimum atomic E-state index is -0.302. The third-order valence-corrected chi connectivity index (χ3v) is 2.29. The molecule has 2 rings (SSSR count). The van der Waals surface area contributed by atoms with Crippen molar-refractivity contribution in [1.29, 1.82) is 0 Å². The fourth-order valence-corrected chi connectivity index (χ4v) is 1.02. The minimum absolute atomic E-state index is 0.0156. The highest BCUT2D eigenvalue weighted by Crippen LogP contribution is 2.34. The molecule has 1 aliphatic heterocycles. The fraction of sp³-hybridized carbons (Fsp3) is 0.875. The Hall–Kier alpha value is -0.770. The lowest BCUT2D eigenvalue weighted by Crippen LogP contribution is -2.43. The number of alkyl carbamates (subject to hydrolysis) is 1. The van der Waals surface area contributed by atoms with Crippen LogP contribution in [-0.4, -0.2) is 30.9 Å². The average Bonchev–Trinajstić information content (AvgIpc) is 2.59. The van der Waals surface area contributed by atoms with Crippen LogP contribution in [0, 0.1) is 0 Å². The zero-order chi connectivity index (χ0) is 8.60. The maximum Gasteiger partial charge on any atom is 0.407 e. The minimum Gasteiger partial charge on any atom is -0.441 e. The van der Waals surface area contributed by atoms with Crippen LogP contribution >= 0.6 is 0 Å². The predicted octanol–water partition coefficient (Wildman–Crippen LogP) is 0.664. The molecular weight excluding hydrogens is 158 g/mol. The fourth-order valence-electron chi connectivity index (χ4n) is 1.02. The molecule has 0 aromatic rings. The Kier molecular flexibility index (Phi) is 1.72. The monoisotopic (exact) mass is 171 g/mol. The van der Waals surface area contributed by atoms with Crippen LogP contribution in [0.15, 0.2) is 0 Å². The van der Waals surface area contributed by atoms with Gasteiger partial charge in [0.05, 0.1) is 13.2 Å². The van der Waals surface area contributed by atoms with Crippen LogP contribution in [0.2, 0.25) is 0 Å². The van der Waals surface area contributed by atoms with Crippen LogP contribution < -0.4 is 5.32 Å². The molecule has 1 heterocycles. The molecule has 0 radical (unpaired) electrons. The van der Waals surface area contributed by atoms with Gasteiger partial charge in [0.25, 0.3) is 0 Å². The first-order valence-corrected chi connectivity index (χ1v) is 4.24. The Morgan fingerprint density at radius 1 is 1.58 bits per heavy atom. The van der Waals surface area contributed by atoms with Gasteiger partial charge in [-0.3, -0.25) is 0 Å². The van der Waals surface area contributed by atoms with Gasteiger partial charge in [-0.15, -0.1) is 0 Å². The number of hydrogen-bond donors (Lipinski definition) is 1. The molecule has 0 aromatic carbocycles. The van der Waals surface area contributed by atoms with E-state index >= 15 is 0 Å². The molecule has 4 nitrogen and oxygen atoms in total. The molecule has 0 aromatic heterocycles. The summed E-state index contributed by atoms with van der Waals surface area (Å²) in [6, 6.07) is 0. The van der Waals surface area contributed by atoms with Gasteiger partial charge in [-0.1, -0.05) is 0 Å². The zero-order valence-electron chi connectivity index (χ0n) is 7.13. The van der Waals surface area contributed by atoms with E-state index < -0.39 is 0 Å². The number of hydrogen-bond acceptors (Lipinski definition) is 3. The maximum atomic E-state index is 11.1. The summed E-state index contributed by atoms with van der Waals surface area (Å²) >= 11 is 0. The molecule has 68 valence electrons. The Balaban J connectivity index is 1.69. The van der Waals surface area contributed by atoms with Gasteiger partial charge < -0.3 is 14.8 Å². The third kappa shape index (κ3) is 1.69. The Bertz CT molecular complexity index is 196. The topological polar surface area (TPSA) is 47.6 Å². The molecule has 0 bridgehead atoms. The van der Waals surface area contributed by atoms with Crippen molar-refractivity contribution in [3.8, 4) is 0 Å². The molecule has 1 aliphatic carbocycles. The number of nitrogens with one attached hydrogen (secondary N) is 1. The standard InChI is InChI=1S/C8H13NO3/c1-8(2-3-8)9-7(10)12-6-4-11-5-6/h6H,2-5H2,1H3,(H,9,10). The molecule has 1 saturated heterocycles. The summed E-state index contributed by atoms with van der Waals surface area (Å²) < 4.78 is 9.90. The van der Waals surface area contributed by atoms with Crippen molar-refractivity contribution in [3.05, 3.63) is 0 Å². The van der Waals surface area contributed by atoms with E-state index in [1.807, 2.05) is 6.92 Å². The first-order valence-electron chi connectivity index (χ1n) is 4.24. The van der Waals surface area contributed by atoms with E-state index in [4.69, 9.17) is 9.47 Å². The van der Waals surface area contributed by atoms with E-state index in [-0.39, 0.29) is 17.7 Å². The summed E-state index contributed by atoms with van der Waals surface area (Å²) in [6.45, 7) is 3.11. The van der Waals surface area contributed by atoms with E-state index in [1.54, 1.807) is 0 Å². The molecule has 2 aliphatic rings. The molecule has 0 spiro atoms. The number of carbonyl (C=O) groups excluding carboxylic acids is 1. The van der Waals surface area contributed by atoms with E-state index in [1.165, 1.54) is 0 Å². The van der Waals surface area contributed by atoms with Crippen LogP contribution in [0.3, 0.4) is 0 Å². The normalized spacial score (nSPS) is 25.8. The molecular formula is C8H13NO3. The van der Waals surface area contributed by atoms with Crippen molar-refractivity contribution in [2.24, 2.45) is 0 Å². The van der Waals surface area contributed by atoms with Crippen LogP contribution in [0.1, 0.15) is 19.8 Å². The molecule has 4 heteroatoms. The largest absolute Gasteiger partial charge is 0.441 e. The average molecular weight is 171 g/mol. The van der Waals surface area contributed by atoms with Gasteiger partial charge in [0.15, 0.2) is 6.10 Å². The predicted molar refractivity (Wildman–Crippen MR) is 41.9 cm³/mol. The summed E-state index contributed by atoms with van der Waals surface area (Å²) in [7, 11) is 0. The number of amides is 1. The second kappa shape index (κ2) is 2.62. The highest BCUT2D eigenvalue weighted by Gasteiger charge is 2.39. The summed E-state index contributed by atoms with van der Waals surface area (Å²) in [5, 5.41) is 2.81. The summed E-state index contributed by atoms with van der Waals surface area (Å²) in [5.41, 5.74) is 0.0156. The first-order chi connectivity index (χ1) is 5.68. The first kappa shape index (κ1) is 7.86. The van der Waals surface area contributed by atoms with Gasteiger partial charge in [0, 0.05) is 5.54 Å². The molecule has 2 fully saturated rings. The van der Waals surface area contributed by atoms with Gasteiger partial charge in [-0.05, 0) is 19.8 Å². The lowest BCUT2D eigenvalue weighted by molar-refractivity contribution is -0.0984. The summed E-state index contributed by atoms with van der Waals surface area (Å²) in [6.07, 6.45) is 1.79. The van der Waals surface area contributed by atoms with Gasteiger partial charge in [0.2, 0.25) is 0 Å². The molecule has 0 unspecified atom stereocenters. The van der Waals surface area contributed by atoms with Crippen LogP contribution in [0.4, 0.5) is 4.79 Å². The van der Waals surface area contributed by atoms with Gasteiger partial charge >= 0.3 is 6.09 Å². The van der Waals surface area contributed by atoms with Crippen molar-refractivity contribution < 1.29 is 14.3 Å². The third-order valence-electron chi connectivity index (χ3n) is 2.29. The maximum absolute atomic E-state index is 11.1. The van der Waals surface area contributed by atoms with Crippen molar-refractivity contribution in [2.45, 2.75) is 31.4 Å². The van der Waals surface area contributed by atoms with Crippen molar-refractivity contribution >= 4 is 6.09 Å². The number of ether oxygens (including phenoxy) is 2. The van der Waals surface area contributed by atoms with Crippen LogP contribution in [0.25, 0.3) is 0 Å². The highest BCUT2D eigenvalue weighted by atomic mass is 16.6. The molecule has 1 N–H and O–H groups in total. The van der Waals surface area contributed by atoms with Gasteiger partial charge in [-0.2, -0.15) is 0 Å². The number of rotatable bonds is 2. The van der Waals surface area contributed by atoms with E-state index in [0.29, 0.717) is 13.2 Å². The highest BCUT2D eigenvalue weighted by molar-refractivity contribution is 5.69. The zero-order valence-corrected chi connectivity index (χ0v) is 7.13. The lowest BCUT2D eigenvalue weighted by atomic mass is 10.3. The van der Waals surface area contributed by atoms with Crippen molar-refractivity contribution in [2.75, 3.05) is 13.2 Å². The van der Waals surface area contributed by atoms with Crippen molar-refractivity contribution in [1.82, 2.24) is 5.32 Å². The van der Waals surface area contributed by atoms with Gasteiger partial charge in [0.1, 0.15) is 0 Å².